The van der Waals surface area contributed by atoms with Crippen molar-refractivity contribution in [2.75, 3.05) is 44.6 Å². The Morgan fingerprint density at radius 2 is 1.62 bits per heavy atom. The first-order chi connectivity index (χ1) is 14.0. The van der Waals surface area contributed by atoms with Gasteiger partial charge in [-0.1, -0.05) is 30.3 Å². The molecule has 29 heavy (non-hydrogen) atoms. The van der Waals surface area contributed by atoms with Gasteiger partial charge in [-0.15, -0.1) is 15.3 Å². The minimum atomic E-state index is -4.59. The van der Waals surface area contributed by atoms with E-state index >= 15 is 0 Å². The van der Waals surface area contributed by atoms with Crippen molar-refractivity contribution in [3.05, 3.63) is 53.9 Å². The molecule has 154 valence electrons. The van der Waals surface area contributed by atoms with E-state index in [0.717, 1.165) is 43.8 Å². The molecule has 3 heterocycles. The van der Waals surface area contributed by atoms with Crippen LogP contribution >= 0.6 is 0 Å². The van der Waals surface area contributed by atoms with Gasteiger partial charge in [0.05, 0.1) is 0 Å². The number of hydrogen-bond acceptors (Lipinski definition) is 6. The van der Waals surface area contributed by atoms with Crippen molar-refractivity contribution < 1.29 is 13.2 Å². The van der Waals surface area contributed by atoms with Gasteiger partial charge in [0, 0.05) is 45.8 Å². The second kappa shape index (κ2) is 8.34. The third-order valence-electron chi connectivity index (χ3n) is 4.96. The summed E-state index contributed by atoms with van der Waals surface area (Å²) in [6.45, 7) is 6.27. The maximum absolute atomic E-state index is 13.0. The number of alkyl halides is 3. The summed E-state index contributed by atoms with van der Waals surface area (Å²) < 4.78 is 39.6. The molecule has 1 aromatic carbocycles. The monoisotopic (exact) mass is 405 g/mol. The maximum atomic E-state index is 13.0. The highest BCUT2D eigenvalue weighted by molar-refractivity contribution is 5.44. The van der Waals surface area contributed by atoms with E-state index in [2.05, 4.69) is 54.7 Å². The molecule has 0 bridgehead atoms. The van der Waals surface area contributed by atoms with Crippen LogP contribution in [0, 0.1) is 0 Å². The molecule has 0 unspecified atom stereocenters. The normalized spacial score (nSPS) is 16.4. The summed E-state index contributed by atoms with van der Waals surface area (Å²) >= 11 is 0. The Bertz CT molecular complexity index is 934. The number of benzene rings is 1. The Kier molecular flexibility index (Phi) is 5.63. The average Bonchev–Trinajstić information content (AvgIpc) is 3.14. The molecular formula is C19H22F3N7. The van der Waals surface area contributed by atoms with Crippen LogP contribution in [-0.4, -0.2) is 68.9 Å². The number of piperazine rings is 1. The van der Waals surface area contributed by atoms with E-state index in [1.807, 2.05) is 6.07 Å². The molecule has 3 aromatic rings. The third-order valence-corrected chi connectivity index (χ3v) is 4.96. The van der Waals surface area contributed by atoms with Gasteiger partial charge in [-0.3, -0.25) is 9.80 Å². The van der Waals surface area contributed by atoms with Crippen LogP contribution in [0.2, 0.25) is 0 Å². The lowest BCUT2D eigenvalue weighted by Crippen LogP contribution is -2.47. The summed E-state index contributed by atoms with van der Waals surface area (Å²) in [6.07, 6.45) is -4.59. The lowest BCUT2D eigenvalue weighted by atomic mass is 10.2. The molecule has 0 radical (unpaired) electrons. The minimum Gasteiger partial charge on any atom is -0.367 e. The van der Waals surface area contributed by atoms with Crippen LogP contribution in [0.4, 0.5) is 19.0 Å². The minimum absolute atomic E-state index is 0.0670. The van der Waals surface area contributed by atoms with Gasteiger partial charge in [0.1, 0.15) is 5.82 Å². The fourth-order valence-corrected chi connectivity index (χ4v) is 3.41. The molecule has 0 amide bonds. The zero-order valence-corrected chi connectivity index (χ0v) is 15.8. The van der Waals surface area contributed by atoms with Gasteiger partial charge in [0.25, 0.3) is 5.82 Å². The predicted octanol–water partition coefficient (Wildman–Crippen LogP) is 2.37. The zero-order valence-electron chi connectivity index (χ0n) is 15.8. The number of nitrogens with zero attached hydrogens (tertiary/aromatic N) is 6. The highest BCUT2D eigenvalue weighted by atomic mass is 19.4. The molecule has 0 spiro atoms. The summed E-state index contributed by atoms with van der Waals surface area (Å²) in [5.74, 6) is -0.754. The molecule has 0 aliphatic carbocycles. The molecule has 4 rings (SSSR count). The number of rotatable bonds is 6. The van der Waals surface area contributed by atoms with Crippen molar-refractivity contribution in [3.63, 3.8) is 0 Å². The van der Waals surface area contributed by atoms with E-state index in [1.54, 1.807) is 6.07 Å². The van der Waals surface area contributed by atoms with E-state index in [9.17, 15) is 13.2 Å². The Balaban J connectivity index is 1.26. The molecule has 1 aliphatic rings. The molecule has 0 atom stereocenters. The van der Waals surface area contributed by atoms with Crippen molar-refractivity contribution in [2.45, 2.75) is 12.7 Å². The quantitative estimate of drug-likeness (QED) is 0.680. The van der Waals surface area contributed by atoms with Crippen molar-refractivity contribution in [2.24, 2.45) is 0 Å². The molecule has 1 N–H and O–H groups in total. The summed E-state index contributed by atoms with van der Waals surface area (Å²) in [7, 11) is 0. The second-order valence-electron chi connectivity index (χ2n) is 7.04. The van der Waals surface area contributed by atoms with Crippen LogP contribution in [0.3, 0.4) is 0 Å². The highest BCUT2D eigenvalue weighted by Crippen LogP contribution is 2.27. The first kappa shape index (κ1) is 19.6. The number of halogens is 3. The van der Waals surface area contributed by atoms with Gasteiger partial charge in [-0.2, -0.15) is 17.7 Å². The maximum Gasteiger partial charge on any atom is 0.453 e. The van der Waals surface area contributed by atoms with Crippen LogP contribution in [0.5, 0.6) is 0 Å². The Labute approximate surface area is 166 Å². The second-order valence-corrected chi connectivity index (χ2v) is 7.04. The van der Waals surface area contributed by atoms with Crippen LogP contribution < -0.4 is 5.32 Å². The molecular weight excluding hydrogens is 383 g/mol. The van der Waals surface area contributed by atoms with Gasteiger partial charge < -0.3 is 5.32 Å². The van der Waals surface area contributed by atoms with E-state index in [-0.39, 0.29) is 5.65 Å². The molecule has 7 nitrogen and oxygen atoms in total. The van der Waals surface area contributed by atoms with Crippen LogP contribution in [0.15, 0.2) is 42.5 Å². The largest absolute Gasteiger partial charge is 0.453 e. The van der Waals surface area contributed by atoms with E-state index in [4.69, 9.17) is 0 Å². The average molecular weight is 405 g/mol. The lowest BCUT2D eigenvalue weighted by molar-refractivity contribution is -0.146. The van der Waals surface area contributed by atoms with Crippen molar-refractivity contribution >= 4 is 11.5 Å². The molecule has 1 saturated heterocycles. The number of nitrogens with one attached hydrogen (secondary N) is 1. The van der Waals surface area contributed by atoms with Crippen molar-refractivity contribution in [3.8, 4) is 0 Å². The molecule has 1 aliphatic heterocycles. The molecule has 10 heteroatoms. The standard InChI is InChI=1S/C19H22F3N7/c20-19(21,22)18-25-24-17-7-6-16(26-29(17)18)23-8-9-27-10-12-28(13-11-27)14-15-4-2-1-3-5-15/h1-7H,8-14H2,(H,23,26). The zero-order chi connectivity index (χ0) is 20.3. The summed E-state index contributed by atoms with van der Waals surface area (Å²) in [4.78, 5) is 4.77. The van der Waals surface area contributed by atoms with E-state index in [1.165, 1.54) is 11.6 Å². The van der Waals surface area contributed by atoms with Gasteiger partial charge in [0.2, 0.25) is 0 Å². The van der Waals surface area contributed by atoms with Crippen molar-refractivity contribution in [1.29, 1.82) is 0 Å². The van der Waals surface area contributed by atoms with Gasteiger partial charge >= 0.3 is 6.18 Å². The Hall–Kier alpha value is -2.72. The van der Waals surface area contributed by atoms with Crippen molar-refractivity contribution in [1.82, 2.24) is 29.6 Å². The first-order valence-electron chi connectivity index (χ1n) is 9.51. The third kappa shape index (κ3) is 4.83. The van der Waals surface area contributed by atoms with Crippen LogP contribution in [0.1, 0.15) is 11.4 Å². The Morgan fingerprint density at radius 1 is 0.897 bits per heavy atom. The Morgan fingerprint density at radius 3 is 2.34 bits per heavy atom. The topological polar surface area (TPSA) is 61.6 Å². The van der Waals surface area contributed by atoms with Gasteiger partial charge in [0.15, 0.2) is 5.65 Å². The number of fused-ring (bicyclic) bond motifs is 1. The molecule has 1 fully saturated rings. The van der Waals surface area contributed by atoms with Gasteiger partial charge in [-0.25, -0.2) is 0 Å². The number of hydrogen-bond donors (Lipinski definition) is 1. The first-order valence-corrected chi connectivity index (χ1v) is 9.51. The van der Waals surface area contributed by atoms with Crippen LogP contribution in [0.25, 0.3) is 5.65 Å². The fraction of sp³-hybridized carbons (Fsp3) is 0.421. The summed E-state index contributed by atoms with van der Waals surface area (Å²) in [5.41, 5.74) is 1.38. The number of anilines is 1. The predicted molar refractivity (Wildman–Crippen MR) is 102 cm³/mol. The SMILES string of the molecule is FC(F)(F)c1nnc2ccc(NCCN3CCN(Cc4ccccc4)CC3)nn12. The van der Waals surface area contributed by atoms with Gasteiger partial charge in [-0.05, 0) is 17.7 Å². The van der Waals surface area contributed by atoms with E-state index in [0.29, 0.717) is 12.4 Å². The summed E-state index contributed by atoms with van der Waals surface area (Å²) in [6, 6.07) is 13.5. The molecule has 0 saturated carbocycles. The number of aromatic nitrogens is 4. The summed E-state index contributed by atoms with van der Waals surface area (Å²) in [5, 5.41) is 13.8. The van der Waals surface area contributed by atoms with E-state index < -0.39 is 12.0 Å². The molecule has 2 aromatic heterocycles. The lowest BCUT2D eigenvalue weighted by Gasteiger charge is -2.34. The fourth-order valence-electron chi connectivity index (χ4n) is 3.41. The smallest absolute Gasteiger partial charge is 0.367 e. The van der Waals surface area contributed by atoms with Crippen LogP contribution in [-0.2, 0) is 12.7 Å². The highest BCUT2D eigenvalue weighted by Gasteiger charge is 2.37.